The summed E-state index contributed by atoms with van der Waals surface area (Å²) in [4.78, 5) is 22.1. The van der Waals surface area contributed by atoms with E-state index in [0.717, 1.165) is 12.1 Å². The van der Waals surface area contributed by atoms with Crippen molar-refractivity contribution >= 4 is 89.8 Å². The number of phenols is 1. The Bertz CT molecular complexity index is 1550. The maximum atomic E-state index is 14.1. The van der Waals surface area contributed by atoms with Gasteiger partial charge in [0.25, 0.3) is 0 Å². The number of carbonyl (C=O) groups is 2. The third kappa shape index (κ3) is 7.21. The molecule has 0 fully saturated rings. The van der Waals surface area contributed by atoms with Crippen molar-refractivity contribution < 1.29 is 59.4 Å². The van der Waals surface area contributed by atoms with E-state index in [1.165, 1.54) is 18.2 Å². The molecule has 0 heterocycles. The molecular weight excluding hydrogens is 897 g/mol. The molecule has 3 rings (SSSR count). The van der Waals surface area contributed by atoms with Gasteiger partial charge < -0.3 is 23.9 Å². The molecule has 0 bridgehead atoms. The van der Waals surface area contributed by atoms with Gasteiger partial charge in [-0.05, 0) is 98.1 Å². The van der Waals surface area contributed by atoms with Crippen molar-refractivity contribution in [2.24, 2.45) is 0 Å². The average Bonchev–Trinajstić information content (AvgIpc) is 2.85. The maximum Gasteiger partial charge on any atom is 0.343 e. The number of ether oxygens (including phenoxy) is 3. The van der Waals surface area contributed by atoms with E-state index < -0.39 is 56.0 Å². The zero-order valence-corrected chi connectivity index (χ0v) is 25.9. The fourth-order valence-electron chi connectivity index (χ4n) is 2.85. The average molecular weight is 907 g/mol. The van der Waals surface area contributed by atoms with E-state index in [1.54, 1.807) is 22.6 Å². The Morgan fingerprint density at radius 2 is 1.36 bits per heavy atom. The Morgan fingerprint density at radius 1 is 0.821 bits per heavy atom. The topological polar surface area (TPSA) is 139 Å². The molecular formula is C22H10F4I3O9S-. The van der Waals surface area contributed by atoms with E-state index >= 15 is 0 Å². The van der Waals surface area contributed by atoms with E-state index in [0.29, 0.717) is 7.14 Å². The van der Waals surface area contributed by atoms with Crippen molar-refractivity contribution in [3.05, 3.63) is 75.4 Å². The van der Waals surface area contributed by atoms with Crippen LogP contribution in [0.3, 0.4) is 0 Å². The van der Waals surface area contributed by atoms with E-state index in [9.17, 15) is 45.2 Å². The summed E-state index contributed by atoms with van der Waals surface area (Å²) in [5, 5.41) is 9.78. The van der Waals surface area contributed by atoms with Gasteiger partial charge in [-0.1, -0.05) is 0 Å². The first-order valence-corrected chi connectivity index (χ1v) is 14.6. The number of carbonyl (C=O) groups excluding carboxylic acids is 2. The number of hydrogen-bond acceptors (Lipinski definition) is 9. The summed E-state index contributed by atoms with van der Waals surface area (Å²) in [6, 6.07) is 6.38. The summed E-state index contributed by atoms with van der Waals surface area (Å²) in [5.74, 6) is -13.6. The molecule has 0 aromatic heterocycles. The number of hydrogen-bond donors (Lipinski definition) is 1. The van der Waals surface area contributed by atoms with Crippen molar-refractivity contribution in [3.8, 4) is 17.2 Å². The minimum Gasteiger partial charge on any atom is -0.744 e. The van der Waals surface area contributed by atoms with Gasteiger partial charge in [-0.15, -0.1) is 0 Å². The van der Waals surface area contributed by atoms with Crippen LogP contribution in [0.2, 0.25) is 0 Å². The van der Waals surface area contributed by atoms with E-state index in [1.807, 2.05) is 45.2 Å². The van der Waals surface area contributed by atoms with Crippen LogP contribution in [0.1, 0.15) is 20.7 Å². The fraction of sp³-hybridized carbons (Fsp3) is 0.0909. The van der Waals surface area contributed by atoms with Crippen molar-refractivity contribution in [2.75, 3.05) is 13.2 Å². The predicted molar refractivity (Wildman–Crippen MR) is 148 cm³/mol. The molecule has 0 saturated carbocycles. The molecule has 0 unspecified atom stereocenters. The lowest BCUT2D eigenvalue weighted by Gasteiger charge is -2.14. The Labute approximate surface area is 258 Å². The van der Waals surface area contributed by atoms with Crippen molar-refractivity contribution in [1.29, 1.82) is 0 Å². The van der Waals surface area contributed by atoms with E-state index in [4.69, 9.17) is 9.47 Å². The second kappa shape index (κ2) is 12.7. The van der Waals surface area contributed by atoms with Gasteiger partial charge in [-0.25, -0.2) is 26.8 Å². The smallest absolute Gasteiger partial charge is 0.343 e. The van der Waals surface area contributed by atoms with Gasteiger partial charge >= 0.3 is 11.9 Å². The molecule has 1 N–H and O–H groups in total. The summed E-state index contributed by atoms with van der Waals surface area (Å²) in [5.41, 5.74) is -0.120. The van der Waals surface area contributed by atoms with Gasteiger partial charge in [0.1, 0.15) is 39.7 Å². The van der Waals surface area contributed by atoms with Crippen LogP contribution < -0.4 is 9.47 Å². The minimum atomic E-state index is -5.92. The van der Waals surface area contributed by atoms with Crippen LogP contribution >= 0.6 is 67.8 Å². The van der Waals surface area contributed by atoms with Crippen molar-refractivity contribution in [1.82, 2.24) is 0 Å². The highest BCUT2D eigenvalue weighted by Crippen LogP contribution is 2.33. The van der Waals surface area contributed by atoms with Gasteiger partial charge in [0, 0.05) is 0 Å². The molecule has 17 heteroatoms. The zero-order valence-electron chi connectivity index (χ0n) is 18.6. The van der Waals surface area contributed by atoms with Gasteiger partial charge in [0.2, 0.25) is 17.4 Å². The SMILES string of the molecule is O=C(OCCOc1ccc(C(=O)Oc2c(F)c(F)c(S(=O)(=O)[O-])c(F)c2F)cc1I)c1cc(I)c(O)c(I)c1. The molecule has 0 aliphatic carbocycles. The fourth-order valence-corrected chi connectivity index (χ4v) is 5.91. The first-order valence-electron chi connectivity index (χ1n) is 9.95. The van der Waals surface area contributed by atoms with Gasteiger partial charge in [0.15, 0.2) is 11.6 Å². The number of aromatic hydroxyl groups is 1. The van der Waals surface area contributed by atoms with Crippen LogP contribution in [0, 0.1) is 34.0 Å². The summed E-state index contributed by atoms with van der Waals surface area (Å²) < 4.78 is 105. The Balaban J connectivity index is 1.66. The second-order valence-electron chi connectivity index (χ2n) is 7.18. The number of rotatable bonds is 8. The number of halogens is 7. The maximum absolute atomic E-state index is 14.1. The predicted octanol–water partition coefficient (Wildman–Crippen LogP) is 5.12. The molecule has 9 nitrogen and oxygen atoms in total. The molecule has 208 valence electrons. The Kier molecular flexibility index (Phi) is 10.3. The zero-order chi connectivity index (χ0) is 29.2. The number of phenolic OH excluding ortho intramolecular Hbond substituents is 1. The molecule has 39 heavy (non-hydrogen) atoms. The summed E-state index contributed by atoms with van der Waals surface area (Å²) in [7, 11) is -5.92. The van der Waals surface area contributed by atoms with Crippen LogP contribution in [0.4, 0.5) is 17.6 Å². The molecule has 0 atom stereocenters. The molecule has 3 aromatic rings. The van der Waals surface area contributed by atoms with E-state index in [-0.39, 0.29) is 39.4 Å². The number of benzene rings is 3. The minimum absolute atomic E-state index is 0.0418. The molecule has 0 radical (unpaired) electrons. The first kappa shape index (κ1) is 31.5. The monoisotopic (exact) mass is 907 g/mol. The highest BCUT2D eigenvalue weighted by atomic mass is 127. The standard InChI is InChI=1S/C22H11F4I3O9S/c23-14-16(25)20(39(33,34)35)17(26)15(24)19(14)38-22(32)8-1-2-13(10(27)5-8)36-3-4-37-21(31)9-6-11(28)18(30)12(29)7-9/h1-2,5-7,30H,3-4H2,(H,33,34,35)/p-1. The van der Waals surface area contributed by atoms with Crippen molar-refractivity contribution in [3.63, 3.8) is 0 Å². The third-order valence-corrected chi connectivity index (χ3v) is 7.97. The quantitative estimate of drug-likeness (QED) is 0.0621. The summed E-state index contributed by atoms with van der Waals surface area (Å²) in [6.07, 6.45) is 0. The molecule has 0 aliphatic heterocycles. The Hall–Kier alpha value is -1.98. The highest BCUT2D eigenvalue weighted by molar-refractivity contribution is 14.1. The molecule has 0 saturated heterocycles. The summed E-state index contributed by atoms with van der Waals surface area (Å²) >= 11 is 5.46. The third-order valence-electron chi connectivity index (χ3n) is 4.62. The lowest BCUT2D eigenvalue weighted by Crippen LogP contribution is -2.16. The van der Waals surface area contributed by atoms with Crippen LogP contribution in [0.25, 0.3) is 0 Å². The van der Waals surface area contributed by atoms with Crippen LogP contribution in [0.15, 0.2) is 35.2 Å². The lowest BCUT2D eigenvalue weighted by atomic mass is 10.2. The number of esters is 2. The first-order chi connectivity index (χ1) is 18.1. The van der Waals surface area contributed by atoms with Crippen LogP contribution in [-0.2, 0) is 14.9 Å². The van der Waals surface area contributed by atoms with Crippen LogP contribution in [0.5, 0.6) is 17.2 Å². The van der Waals surface area contributed by atoms with Gasteiger partial charge in [-0.2, -0.15) is 8.78 Å². The molecule has 0 amide bonds. The molecule has 0 spiro atoms. The molecule has 0 aliphatic rings. The van der Waals surface area contributed by atoms with E-state index in [2.05, 4.69) is 4.74 Å². The largest absolute Gasteiger partial charge is 0.744 e. The van der Waals surface area contributed by atoms with Crippen LogP contribution in [-0.4, -0.2) is 43.2 Å². The van der Waals surface area contributed by atoms with Gasteiger partial charge in [-0.3, -0.25) is 0 Å². The summed E-state index contributed by atoms with van der Waals surface area (Å²) in [6.45, 7) is -0.279. The van der Waals surface area contributed by atoms with Gasteiger partial charge in [0.05, 0.1) is 21.8 Å². The lowest BCUT2D eigenvalue weighted by molar-refractivity contribution is 0.0449. The highest BCUT2D eigenvalue weighted by Gasteiger charge is 2.31. The van der Waals surface area contributed by atoms with Crippen molar-refractivity contribution in [2.45, 2.75) is 4.90 Å². The molecule has 3 aromatic carbocycles. The normalized spacial score (nSPS) is 11.3. The Morgan fingerprint density at radius 3 is 1.87 bits per heavy atom. The second-order valence-corrected chi connectivity index (χ2v) is 12.0.